The molecule has 2 aromatic rings. The zero-order valence-electron chi connectivity index (χ0n) is 11.0. The van der Waals surface area contributed by atoms with Crippen molar-refractivity contribution in [1.82, 2.24) is 0 Å². The van der Waals surface area contributed by atoms with Crippen molar-refractivity contribution >= 4 is 11.5 Å². The fourth-order valence-electron chi connectivity index (χ4n) is 2.32. The Hall–Kier alpha value is -3.06. The highest BCUT2D eigenvalue weighted by atomic mass is 16.5. The largest absolute Gasteiger partial charge is 0.489 e. The zero-order chi connectivity index (χ0) is 14.8. The zero-order valence-corrected chi connectivity index (χ0v) is 11.0. The molecule has 4 nitrogen and oxygen atoms in total. The highest BCUT2D eigenvalue weighted by molar-refractivity contribution is 5.92. The number of carboxylic acid groups (broad SMARTS) is 1. The van der Waals surface area contributed by atoms with Gasteiger partial charge in [0, 0.05) is 5.56 Å². The van der Waals surface area contributed by atoms with Gasteiger partial charge in [-0.05, 0) is 47.5 Å². The molecule has 0 radical (unpaired) electrons. The number of ether oxygens (including phenoxy) is 1. The molecule has 0 aliphatic carbocycles. The van der Waals surface area contributed by atoms with Gasteiger partial charge < -0.3 is 9.84 Å². The second-order valence-electron chi connectivity index (χ2n) is 4.63. The third-order valence-corrected chi connectivity index (χ3v) is 3.37. The van der Waals surface area contributed by atoms with Gasteiger partial charge in [0.25, 0.3) is 0 Å². The highest BCUT2D eigenvalue weighted by Crippen LogP contribution is 2.34. The lowest BCUT2D eigenvalue weighted by Gasteiger charge is -2.19. The normalized spacial score (nSPS) is 12.6. The van der Waals surface area contributed by atoms with Crippen molar-refractivity contribution in [2.75, 3.05) is 6.61 Å². The number of hydrogen-bond acceptors (Lipinski definition) is 3. The Bertz CT molecular complexity index is 783. The van der Waals surface area contributed by atoms with E-state index in [9.17, 15) is 4.79 Å². The van der Waals surface area contributed by atoms with E-state index in [0.717, 1.165) is 16.7 Å². The van der Waals surface area contributed by atoms with Crippen LogP contribution >= 0.6 is 0 Å². The molecule has 0 saturated heterocycles. The van der Waals surface area contributed by atoms with E-state index in [4.69, 9.17) is 15.1 Å². The van der Waals surface area contributed by atoms with Crippen LogP contribution in [0.3, 0.4) is 0 Å². The van der Waals surface area contributed by atoms with Crippen molar-refractivity contribution in [2.45, 2.75) is 0 Å². The van der Waals surface area contributed by atoms with Gasteiger partial charge >= 0.3 is 5.97 Å². The fourth-order valence-corrected chi connectivity index (χ4v) is 2.32. The fraction of sp³-hybridized carbons (Fsp3) is 0.0588. The Labute approximate surface area is 121 Å². The first-order valence-corrected chi connectivity index (χ1v) is 6.40. The highest BCUT2D eigenvalue weighted by Gasteiger charge is 2.17. The van der Waals surface area contributed by atoms with E-state index < -0.39 is 5.97 Å². The molecule has 0 amide bonds. The molecule has 1 aliphatic heterocycles. The first-order chi connectivity index (χ1) is 10.2. The monoisotopic (exact) mass is 277 g/mol. The Morgan fingerprint density at radius 3 is 2.62 bits per heavy atom. The minimum Gasteiger partial charge on any atom is -0.489 e. The summed E-state index contributed by atoms with van der Waals surface area (Å²) < 4.78 is 5.53. The van der Waals surface area contributed by atoms with Crippen LogP contribution in [-0.4, -0.2) is 17.7 Å². The summed E-state index contributed by atoms with van der Waals surface area (Å²) in [7, 11) is 0. The Balaban J connectivity index is 2.09. The van der Waals surface area contributed by atoms with E-state index in [-0.39, 0.29) is 5.56 Å². The predicted molar refractivity (Wildman–Crippen MR) is 77.1 cm³/mol. The molecular formula is C17H11NO3. The minimum absolute atomic E-state index is 0.221. The smallest absolute Gasteiger partial charge is 0.335 e. The second-order valence-corrected chi connectivity index (χ2v) is 4.63. The summed E-state index contributed by atoms with van der Waals surface area (Å²) in [5.74, 6) is -0.301. The van der Waals surface area contributed by atoms with Gasteiger partial charge in [0.1, 0.15) is 12.4 Å². The molecule has 0 unspecified atom stereocenters. The van der Waals surface area contributed by atoms with Crippen molar-refractivity contribution < 1.29 is 14.6 Å². The summed E-state index contributed by atoms with van der Waals surface area (Å²) in [6.07, 6.45) is 1.91. The molecule has 0 atom stereocenters. The van der Waals surface area contributed by atoms with Gasteiger partial charge in [0.05, 0.1) is 17.2 Å². The molecule has 3 rings (SSSR count). The number of carbonyl (C=O) groups is 1. The van der Waals surface area contributed by atoms with Crippen LogP contribution in [0.15, 0.2) is 48.5 Å². The Morgan fingerprint density at radius 1 is 1.19 bits per heavy atom. The van der Waals surface area contributed by atoms with Crippen LogP contribution in [-0.2, 0) is 0 Å². The maximum atomic E-state index is 11.1. The molecule has 0 saturated carbocycles. The van der Waals surface area contributed by atoms with Crippen LogP contribution in [0.2, 0.25) is 0 Å². The van der Waals surface area contributed by atoms with Crippen molar-refractivity contribution in [1.29, 1.82) is 5.26 Å². The van der Waals surface area contributed by atoms with Crippen LogP contribution in [0, 0.1) is 11.3 Å². The average Bonchev–Trinajstić information content (AvgIpc) is 2.54. The van der Waals surface area contributed by atoms with Crippen LogP contribution < -0.4 is 4.74 Å². The first-order valence-electron chi connectivity index (χ1n) is 6.40. The quantitative estimate of drug-likeness (QED) is 0.915. The summed E-state index contributed by atoms with van der Waals surface area (Å²) in [4.78, 5) is 11.1. The molecule has 0 spiro atoms. The summed E-state index contributed by atoms with van der Waals surface area (Å²) in [5, 5.41) is 18.0. The number of aromatic carboxylic acids is 1. The molecule has 0 bridgehead atoms. The van der Waals surface area contributed by atoms with E-state index in [2.05, 4.69) is 6.07 Å². The maximum Gasteiger partial charge on any atom is 0.335 e. The molecule has 1 heterocycles. The minimum atomic E-state index is -0.970. The Kier molecular flexibility index (Phi) is 3.17. The molecule has 1 aliphatic rings. The van der Waals surface area contributed by atoms with Crippen LogP contribution in [0.4, 0.5) is 0 Å². The number of nitrogens with zero attached hydrogens (tertiary/aromatic N) is 1. The standard InChI is InChI=1S/C17H11NO3/c18-10-11-1-3-12(4-2-11)14-7-8-21-16-6-5-13(17(19)20)9-15(14)16/h1-7,9H,8H2,(H,19,20). The van der Waals surface area contributed by atoms with E-state index in [1.54, 1.807) is 24.3 Å². The topological polar surface area (TPSA) is 70.3 Å². The SMILES string of the molecule is N#Cc1ccc(C2=CCOc3ccc(C(=O)O)cc32)cc1. The molecular weight excluding hydrogens is 266 g/mol. The summed E-state index contributed by atoms with van der Waals surface area (Å²) >= 11 is 0. The van der Waals surface area contributed by atoms with Crippen molar-refractivity contribution in [3.63, 3.8) is 0 Å². The maximum absolute atomic E-state index is 11.1. The summed E-state index contributed by atoms with van der Waals surface area (Å²) in [6, 6.07) is 14.1. The van der Waals surface area contributed by atoms with Crippen LogP contribution in [0.1, 0.15) is 27.0 Å². The van der Waals surface area contributed by atoms with Gasteiger partial charge in [0.2, 0.25) is 0 Å². The van der Waals surface area contributed by atoms with Gasteiger partial charge in [-0.2, -0.15) is 5.26 Å². The lowest BCUT2D eigenvalue weighted by Crippen LogP contribution is -2.07. The van der Waals surface area contributed by atoms with Crippen LogP contribution in [0.5, 0.6) is 5.75 Å². The van der Waals surface area contributed by atoms with Crippen molar-refractivity contribution in [3.05, 3.63) is 70.8 Å². The van der Waals surface area contributed by atoms with Gasteiger partial charge in [-0.3, -0.25) is 0 Å². The summed E-state index contributed by atoms with van der Waals surface area (Å²) in [6.45, 7) is 0.439. The number of fused-ring (bicyclic) bond motifs is 1. The lowest BCUT2D eigenvalue weighted by atomic mass is 9.93. The molecule has 4 heteroatoms. The van der Waals surface area contributed by atoms with E-state index in [1.807, 2.05) is 18.2 Å². The molecule has 2 aromatic carbocycles. The molecule has 21 heavy (non-hydrogen) atoms. The van der Waals surface area contributed by atoms with Crippen molar-refractivity contribution in [2.24, 2.45) is 0 Å². The lowest BCUT2D eigenvalue weighted by molar-refractivity contribution is 0.0697. The number of rotatable bonds is 2. The number of nitriles is 1. The summed E-state index contributed by atoms with van der Waals surface area (Å²) in [5.41, 5.74) is 3.42. The molecule has 102 valence electrons. The molecule has 0 fully saturated rings. The molecule has 0 aromatic heterocycles. The van der Waals surface area contributed by atoms with Crippen LogP contribution in [0.25, 0.3) is 5.57 Å². The number of carboxylic acids is 1. The van der Waals surface area contributed by atoms with E-state index >= 15 is 0 Å². The average molecular weight is 277 g/mol. The Morgan fingerprint density at radius 2 is 1.95 bits per heavy atom. The first kappa shape index (κ1) is 12.9. The number of hydrogen-bond donors (Lipinski definition) is 1. The second kappa shape index (κ2) is 5.14. The predicted octanol–water partition coefficient (Wildman–Crippen LogP) is 3.08. The number of benzene rings is 2. The van der Waals surface area contributed by atoms with Crippen molar-refractivity contribution in [3.8, 4) is 11.8 Å². The van der Waals surface area contributed by atoms with E-state index in [1.165, 1.54) is 6.07 Å². The third kappa shape index (κ3) is 2.37. The third-order valence-electron chi connectivity index (χ3n) is 3.37. The van der Waals surface area contributed by atoms with Gasteiger partial charge in [0.15, 0.2) is 0 Å². The molecule has 1 N–H and O–H groups in total. The van der Waals surface area contributed by atoms with Gasteiger partial charge in [-0.25, -0.2) is 4.79 Å². The van der Waals surface area contributed by atoms with E-state index in [0.29, 0.717) is 17.9 Å². The van der Waals surface area contributed by atoms with Gasteiger partial charge in [-0.15, -0.1) is 0 Å². The van der Waals surface area contributed by atoms with Gasteiger partial charge in [-0.1, -0.05) is 12.1 Å².